The van der Waals surface area contributed by atoms with E-state index in [9.17, 15) is 4.79 Å². The van der Waals surface area contributed by atoms with E-state index >= 15 is 0 Å². The number of aromatic nitrogens is 1. The molecular weight excluding hydrogens is 429 g/mol. The van der Waals surface area contributed by atoms with Crippen molar-refractivity contribution < 1.29 is 9.53 Å². The lowest BCUT2D eigenvalue weighted by atomic mass is 10.1. The van der Waals surface area contributed by atoms with E-state index in [0.29, 0.717) is 24.0 Å². The zero-order valence-corrected chi connectivity index (χ0v) is 18.0. The van der Waals surface area contributed by atoms with Crippen LogP contribution in [0.15, 0.2) is 29.6 Å². The molecule has 1 aromatic heterocycles. The lowest BCUT2D eigenvalue weighted by molar-refractivity contribution is -0.120. The van der Waals surface area contributed by atoms with Crippen molar-refractivity contribution in [3.05, 3.63) is 45.4 Å². The van der Waals surface area contributed by atoms with E-state index < -0.39 is 0 Å². The molecule has 0 spiro atoms. The molecule has 1 aliphatic rings. The normalized spacial score (nSPS) is 15.5. The van der Waals surface area contributed by atoms with Crippen LogP contribution >= 0.6 is 47.8 Å². The van der Waals surface area contributed by atoms with Crippen molar-refractivity contribution in [1.82, 2.24) is 15.6 Å². The van der Waals surface area contributed by atoms with Crippen molar-refractivity contribution in [3.8, 4) is 5.75 Å². The Morgan fingerprint density at radius 2 is 2.11 bits per heavy atom. The Hall–Kier alpha value is -1.05. The average Bonchev–Trinajstić information content (AvgIpc) is 3.26. The van der Waals surface area contributed by atoms with Gasteiger partial charge in [-0.15, -0.1) is 36.2 Å². The van der Waals surface area contributed by atoms with Gasteiger partial charge < -0.3 is 15.4 Å². The first-order valence-electron chi connectivity index (χ1n) is 8.48. The third-order valence-electron chi connectivity index (χ3n) is 4.15. The van der Waals surface area contributed by atoms with Crippen LogP contribution in [0.4, 0.5) is 0 Å². The highest BCUT2D eigenvalue weighted by Gasteiger charge is 2.14. The molecule has 1 unspecified atom stereocenters. The molecule has 0 radical (unpaired) electrons. The summed E-state index contributed by atoms with van der Waals surface area (Å²) in [7, 11) is 0. The Balaban J connectivity index is 0.00000182. The van der Waals surface area contributed by atoms with Gasteiger partial charge >= 0.3 is 0 Å². The van der Waals surface area contributed by atoms with E-state index in [-0.39, 0.29) is 30.7 Å². The van der Waals surface area contributed by atoms with Crippen molar-refractivity contribution in [3.63, 3.8) is 0 Å². The number of carbonyl (C=O) groups is 1. The van der Waals surface area contributed by atoms with Gasteiger partial charge in [-0.05, 0) is 56.1 Å². The van der Waals surface area contributed by atoms with Crippen LogP contribution in [0.25, 0.3) is 0 Å². The maximum Gasteiger partial charge on any atom is 0.226 e. The molecule has 1 atom stereocenters. The number of rotatable bonds is 8. The molecule has 27 heavy (non-hydrogen) atoms. The molecule has 3 rings (SSSR count). The van der Waals surface area contributed by atoms with Gasteiger partial charge in [0.25, 0.3) is 0 Å². The summed E-state index contributed by atoms with van der Waals surface area (Å²) in [5.74, 6) is 1.47. The van der Waals surface area contributed by atoms with Gasteiger partial charge in [-0.1, -0.05) is 11.6 Å². The molecule has 1 amide bonds. The van der Waals surface area contributed by atoms with Crippen LogP contribution in [-0.4, -0.2) is 30.5 Å². The van der Waals surface area contributed by atoms with E-state index in [4.69, 9.17) is 16.3 Å². The van der Waals surface area contributed by atoms with Crippen LogP contribution in [0, 0.1) is 5.92 Å². The van der Waals surface area contributed by atoms with E-state index in [1.54, 1.807) is 12.1 Å². The summed E-state index contributed by atoms with van der Waals surface area (Å²) < 4.78 is 5.67. The SMILES string of the molecule is Cl.Cl.O=C(Cc1csc(COc2ccc(Cl)cc2)n1)NCCC1CCNC1. The van der Waals surface area contributed by atoms with E-state index in [2.05, 4.69) is 15.6 Å². The van der Waals surface area contributed by atoms with E-state index in [1.807, 2.05) is 17.5 Å². The van der Waals surface area contributed by atoms with Crippen LogP contribution in [0.2, 0.25) is 5.02 Å². The van der Waals surface area contributed by atoms with Crippen LogP contribution < -0.4 is 15.4 Å². The first-order valence-corrected chi connectivity index (χ1v) is 9.74. The monoisotopic (exact) mass is 451 g/mol. The van der Waals surface area contributed by atoms with Gasteiger partial charge in [0.05, 0.1) is 12.1 Å². The van der Waals surface area contributed by atoms with Crippen LogP contribution in [0.3, 0.4) is 0 Å². The molecule has 0 saturated carbocycles. The summed E-state index contributed by atoms with van der Waals surface area (Å²) in [6.45, 7) is 3.29. The van der Waals surface area contributed by atoms with Gasteiger partial charge in [0.1, 0.15) is 17.4 Å². The van der Waals surface area contributed by atoms with Crippen LogP contribution in [0.1, 0.15) is 23.5 Å². The first-order chi connectivity index (χ1) is 12.2. The second kappa shape index (κ2) is 12.4. The van der Waals surface area contributed by atoms with E-state index in [1.165, 1.54) is 17.8 Å². The fourth-order valence-electron chi connectivity index (χ4n) is 2.78. The topological polar surface area (TPSA) is 63.2 Å². The molecule has 2 heterocycles. The number of hydrogen-bond acceptors (Lipinski definition) is 5. The molecular formula is C18H24Cl3N3O2S. The van der Waals surface area contributed by atoms with Crippen molar-refractivity contribution in [2.45, 2.75) is 25.9 Å². The number of hydrogen-bond donors (Lipinski definition) is 2. The highest BCUT2D eigenvalue weighted by atomic mass is 35.5. The fourth-order valence-corrected chi connectivity index (χ4v) is 3.61. The summed E-state index contributed by atoms with van der Waals surface area (Å²) in [5, 5.41) is 9.78. The van der Waals surface area contributed by atoms with Gasteiger partial charge in [-0.2, -0.15) is 0 Å². The van der Waals surface area contributed by atoms with Gasteiger partial charge in [0.15, 0.2) is 0 Å². The maximum absolute atomic E-state index is 12.0. The summed E-state index contributed by atoms with van der Waals surface area (Å²) in [4.78, 5) is 16.5. The third-order valence-corrected chi connectivity index (χ3v) is 5.28. The Morgan fingerprint density at radius 3 is 2.81 bits per heavy atom. The number of halogens is 3. The van der Waals surface area contributed by atoms with Crippen LogP contribution in [-0.2, 0) is 17.8 Å². The first kappa shape index (κ1) is 24.0. The van der Waals surface area contributed by atoms with Crippen molar-refractivity contribution in [2.24, 2.45) is 5.92 Å². The van der Waals surface area contributed by atoms with Gasteiger partial charge in [-0.3, -0.25) is 4.79 Å². The van der Waals surface area contributed by atoms with Crippen molar-refractivity contribution in [2.75, 3.05) is 19.6 Å². The number of nitrogens with zero attached hydrogens (tertiary/aromatic N) is 1. The second-order valence-corrected chi connectivity index (χ2v) is 7.53. The summed E-state index contributed by atoms with van der Waals surface area (Å²) in [6.07, 6.45) is 2.56. The Bertz CT molecular complexity index is 691. The molecule has 1 aliphatic heterocycles. The van der Waals surface area contributed by atoms with Crippen LogP contribution in [0.5, 0.6) is 5.75 Å². The molecule has 0 bridgehead atoms. The number of ether oxygens (including phenoxy) is 1. The molecule has 5 nitrogen and oxygen atoms in total. The third kappa shape index (κ3) is 8.23. The standard InChI is InChI=1S/C18H22ClN3O2S.2ClH/c19-14-1-3-16(4-2-14)24-11-18-22-15(12-25-18)9-17(23)21-8-6-13-5-7-20-10-13;;/h1-4,12-13,20H,5-11H2,(H,21,23);2*1H. The maximum atomic E-state index is 12.0. The average molecular weight is 453 g/mol. The predicted octanol–water partition coefficient (Wildman–Crippen LogP) is 3.88. The molecule has 9 heteroatoms. The van der Waals surface area contributed by atoms with E-state index in [0.717, 1.165) is 42.5 Å². The summed E-state index contributed by atoms with van der Waals surface area (Å²) >= 11 is 7.35. The molecule has 2 aromatic rings. The highest BCUT2D eigenvalue weighted by molar-refractivity contribution is 7.09. The minimum atomic E-state index is 0. The number of nitrogens with one attached hydrogen (secondary N) is 2. The fraction of sp³-hybridized carbons (Fsp3) is 0.444. The zero-order chi connectivity index (χ0) is 17.5. The Kier molecular flexibility index (Phi) is 11.0. The van der Waals surface area contributed by atoms with Gasteiger partial charge in [0, 0.05) is 16.9 Å². The molecule has 0 aliphatic carbocycles. The summed E-state index contributed by atoms with van der Waals surface area (Å²) in [6, 6.07) is 7.22. The lowest BCUT2D eigenvalue weighted by Gasteiger charge is -2.08. The lowest BCUT2D eigenvalue weighted by Crippen LogP contribution is -2.27. The molecule has 1 aromatic carbocycles. The largest absolute Gasteiger partial charge is 0.486 e. The number of benzene rings is 1. The summed E-state index contributed by atoms with van der Waals surface area (Å²) in [5.41, 5.74) is 0.791. The second-order valence-electron chi connectivity index (χ2n) is 6.15. The number of thiazole rings is 1. The van der Waals surface area contributed by atoms with Crippen molar-refractivity contribution >= 4 is 53.7 Å². The number of carbonyl (C=O) groups excluding carboxylic acids is 1. The highest BCUT2D eigenvalue weighted by Crippen LogP contribution is 2.18. The minimum absolute atomic E-state index is 0. The molecule has 2 N–H and O–H groups in total. The molecule has 150 valence electrons. The predicted molar refractivity (Wildman–Crippen MR) is 115 cm³/mol. The Labute approximate surface area is 181 Å². The smallest absolute Gasteiger partial charge is 0.226 e. The zero-order valence-electron chi connectivity index (χ0n) is 14.8. The molecule has 1 fully saturated rings. The van der Waals surface area contributed by atoms with Gasteiger partial charge in [0.2, 0.25) is 5.91 Å². The number of amides is 1. The van der Waals surface area contributed by atoms with Gasteiger partial charge in [-0.25, -0.2) is 4.98 Å². The molecule has 1 saturated heterocycles. The van der Waals surface area contributed by atoms with Crippen molar-refractivity contribution in [1.29, 1.82) is 0 Å². The Morgan fingerprint density at radius 1 is 1.33 bits per heavy atom. The quantitative estimate of drug-likeness (QED) is 0.638. The minimum Gasteiger partial charge on any atom is -0.486 e.